The lowest BCUT2D eigenvalue weighted by atomic mass is 9.98. The topological polar surface area (TPSA) is 92.5 Å². The molecule has 3 N–H and O–H groups in total. The highest BCUT2D eigenvalue weighted by Gasteiger charge is 2.28. The van der Waals surface area contributed by atoms with Gasteiger partial charge in [-0.2, -0.15) is 0 Å². The maximum Gasteiger partial charge on any atom is 0.238 e. The summed E-state index contributed by atoms with van der Waals surface area (Å²) in [5.41, 5.74) is 3.42. The maximum atomic E-state index is 12.7. The molecule has 1 aromatic carbocycles. The average Bonchev–Trinajstić information content (AvgIpc) is 3.06. The van der Waals surface area contributed by atoms with Gasteiger partial charge in [0.15, 0.2) is 0 Å². The van der Waals surface area contributed by atoms with Gasteiger partial charge >= 0.3 is 0 Å². The number of amides is 1. The Hall–Kier alpha value is -1.74. The number of benzene rings is 1. The Morgan fingerprint density at radius 3 is 2.78 bits per heavy atom. The van der Waals surface area contributed by atoms with Crippen molar-refractivity contribution >= 4 is 33.0 Å². The average molecular weight is 408 g/mol. The van der Waals surface area contributed by atoms with Gasteiger partial charge in [0.2, 0.25) is 15.9 Å². The molecule has 0 saturated heterocycles. The fourth-order valence-corrected chi connectivity index (χ4v) is 5.16. The molecule has 1 aliphatic rings. The highest BCUT2D eigenvalue weighted by Crippen LogP contribution is 2.35. The van der Waals surface area contributed by atoms with Gasteiger partial charge in [-0.1, -0.05) is 6.92 Å². The number of fused-ring (bicyclic) bond motifs is 1. The second kappa shape index (κ2) is 7.71. The Labute approximate surface area is 164 Å². The van der Waals surface area contributed by atoms with Gasteiger partial charge in [0.1, 0.15) is 0 Å². The molecule has 1 aliphatic heterocycles. The second-order valence-corrected chi connectivity index (χ2v) is 9.51. The molecule has 1 atom stereocenters. The number of primary sulfonamides is 1. The van der Waals surface area contributed by atoms with Crippen LogP contribution in [0.3, 0.4) is 0 Å². The van der Waals surface area contributed by atoms with Crippen LogP contribution in [0.5, 0.6) is 0 Å². The number of rotatable bonds is 5. The molecule has 2 heterocycles. The number of nitrogens with zero attached hydrogens (tertiary/aromatic N) is 1. The third kappa shape index (κ3) is 4.24. The predicted molar refractivity (Wildman–Crippen MR) is 109 cm³/mol. The number of nitrogens with one attached hydrogen (secondary N) is 1. The molecule has 27 heavy (non-hydrogen) atoms. The van der Waals surface area contributed by atoms with Crippen LogP contribution in [-0.4, -0.2) is 32.3 Å². The molecule has 0 saturated carbocycles. The van der Waals surface area contributed by atoms with E-state index >= 15 is 0 Å². The van der Waals surface area contributed by atoms with Crippen LogP contribution < -0.4 is 10.5 Å². The van der Waals surface area contributed by atoms with Crippen LogP contribution in [0.15, 0.2) is 28.5 Å². The van der Waals surface area contributed by atoms with Gasteiger partial charge in [0.25, 0.3) is 0 Å². The molecule has 0 radical (unpaired) electrons. The number of hydrogen-bond acceptors (Lipinski definition) is 5. The van der Waals surface area contributed by atoms with Crippen LogP contribution in [0.25, 0.3) is 0 Å². The smallest absolute Gasteiger partial charge is 0.238 e. The molecule has 8 heteroatoms. The lowest BCUT2D eigenvalue weighted by Crippen LogP contribution is -2.40. The zero-order chi connectivity index (χ0) is 19.8. The van der Waals surface area contributed by atoms with E-state index in [9.17, 15) is 13.2 Å². The lowest BCUT2D eigenvalue weighted by Gasteiger charge is -2.34. The molecular formula is C19H25N3O3S2. The quantitative estimate of drug-likeness (QED) is 0.797. The molecule has 0 unspecified atom stereocenters. The van der Waals surface area contributed by atoms with Crippen molar-refractivity contribution in [3.05, 3.63) is 45.1 Å². The van der Waals surface area contributed by atoms with Gasteiger partial charge in [-0.05, 0) is 67.0 Å². The summed E-state index contributed by atoms with van der Waals surface area (Å²) in [7, 11) is -3.83. The van der Waals surface area contributed by atoms with E-state index in [1.165, 1.54) is 22.6 Å². The molecule has 1 amide bonds. The molecule has 0 bridgehead atoms. The summed E-state index contributed by atoms with van der Waals surface area (Å²) in [6.45, 7) is 6.90. The zero-order valence-corrected chi connectivity index (χ0v) is 17.4. The Morgan fingerprint density at radius 1 is 1.37 bits per heavy atom. The van der Waals surface area contributed by atoms with Crippen molar-refractivity contribution in [2.24, 2.45) is 5.14 Å². The first-order chi connectivity index (χ1) is 12.7. The molecular weight excluding hydrogens is 382 g/mol. The van der Waals surface area contributed by atoms with Crippen LogP contribution in [0.1, 0.15) is 41.0 Å². The summed E-state index contributed by atoms with van der Waals surface area (Å²) in [6, 6.07) is 5.35. The van der Waals surface area contributed by atoms with E-state index in [1.807, 2.05) is 6.92 Å². The summed E-state index contributed by atoms with van der Waals surface area (Å²) < 4.78 is 23.4. The van der Waals surface area contributed by atoms with Crippen molar-refractivity contribution in [2.75, 3.05) is 18.4 Å². The molecule has 3 rings (SSSR count). The molecule has 0 aliphatic carbocycles. The fourth-order valence-electron chi connectivity index (χ4n) is 3.61. The minimum Gasteiger partial charge on any atom is -0.325 e. The van der Waals surface area contributed by atoms with Gasteiger partial charge in [0.05, 0.1) is 11.4 Å². The third-order valence-corrected chi connectivity index (χ3v) is 7.07. The van der Waals surface area contributed by atoms with E-state index in [1.54, 1.807) is 18.3 Å². The Morgan fingerprint density at radius 2 is 2.11 bits per heavy atom. The van der Waals surface area contributed by atoms with Gasteiger partial charge in [0, 0.05) is 23.2 Å². The molecule has 6 nitrogen and oxygen atoms in total. The number of thiophene rings is 1. The largest absolute Gasteiger partial charge is 0.325 e. The number of nitrogens with two attached hydrogens (primary N) is 1. The van der Waals surface area contributed by atoms with E-state index in [4.69, 9.17) is 5.14 Å². The van der Waals surface area contributed by atoms with Gasteiger partial charge in [-0.3, -0.25) is 9.69 Å². The maximum absolute atomic E-state index is 12.7. The normalized spacial score (nSPS) is 17.6. The SMILES string of the molecule is CC[C@@H]1c2ccsc2CCN1CC(=O)Nc1cc(S(N)(=O)=O)cc(C)c1C. The summed E-state index contributed by atoms with van der Waals surface area (Å²) in [6.07, 6.45) is 1.89. The van der Waals surface area contributed by atoms with E-state index in [-0.39, 0.29) is 23.4 Å². The zero-order valence-electron chi connectivity index (χ0n) is 15.8. The van der Waals surface area contributed by atoms with Crippen LogP contribution in [0, 0.1) is 13.8 Å². The minimum atomic E-state index is -3.83. The van der Waals surface area contributed by atoms with Crippen molar-refractivity contribution < 1.29 is 13.2 Å². The number of sulfonamides is 1. The highest BCUT2D eigenvalue weighted by molar-refractivity contribution is 7.89. The van der Waals surface area contributed by atoms with Gasteiger partial charge < -0.3 is 5.32 Å². The second-order valence-electron chi connectivity index (χ2n) is 6.95. The van der Waals surface area contributed by atoms with Crippen molar-refractivity contribution in [2.45, 2.75) is 44.6 Å². The number of carbonyl (C=O) groups is 1. The minimum absolute atomic E-state index is 0.00761. The summed E-state index contributed by atoms with van der Waals surface area (Å²) in [4.78, 5) is 16.3. The standard InChI is InChI=1S/C19H25N3O3S2/c1-4-17-15-6-8-26-18(15)5-7-22(17)11-19(23)21-16-10-14(27(20,24)25)9-12(2)13(16)3/h6,8-10,17H,4-5,7,11H2,1-3H3,(H,21,23)(H2,20,24,25)/t17-/m1/s1. The van der Waals surface area contributed by atoms with Gasteiger partial charge in [-0.25, -0.2) is 13.6 Å². The highest BCUT2D eigenvalue weighted by atomic mass is 32.2. The molecule has 0 spiro atoms. The number of anilines is 1. The Bertz CT molecular complexity index is 967. The van der Waals surface area contributed by atoms with E-state index < -0.39 is 10.0 Å². The summed E-state index contributed by atoms with van der Waals surface area (Å²) >= 11 is 1.78. The van der Waals surface area contributed by atoms with E-state index in [2.05, 4.69) is 28.6 Å². The molecule has 0 fully saturated rings. The van der Waals surface area contributed by atoms with Gasteiger partial charge in [-0.15, -0.1) is 11.3 Å². The van der Waals surface area contributed by atoms with Crippen LogP contribution in [-0.2, 0) is 21.2 Å². The molecule has 1 aromatic heterocycles. The monoisotopic (exact) mass is 407 g/mol. The number of hydrogen-bond donors (Lipinski definition) is 2. The van der Waals surface area contributed by atoms with E-state index in [0.717, 1.165) is 30.5 Å². The van der Waals surface area contributed by atoms with Crippen molar-refractivity contribution in [3.63, 3.8) is 0 Å². The van der Waals surface area contributed by atoms with Crippen LogP contribution in [0.4, 0.5) is 5.69 Å². The number of aryl methyl sites for hydroxylation is 1. The van der Waals surface area contributed by atoms with E-state index in [0.29, 0.717) is 5.69 Å². The first-order valence-corrected chi connectivity index (χ1v) is 11.4. The first-order valence-electron chi connectivity index (χ1n) is 8.95. The lowest BCUT2D eigenvalue weighted by molar-refractivity contribution is -0.118. The van der Waals surface area contributed by atoms with Crippen LogP contribution in [0.2, 0.25) is 0 Å². The van der Waals surface area contributed by atoms with Crippen LogP contribution >= 0.6 is 11.3 Å². The molecule has 146 valence electrons. The Balaban J connectivity index is 1.78. The summed E-state index contributed by atoms with van der Waals surface area (Å²) in [5, 5.41) is 10.2. The van der Waals surface area contributed by atoms with Crippen molar-refractivity contribution in [1.82, 2.24) is 4.90 Å². The fraction of sp³-hybridized carbons (Fsp3) is 0.421. The number of carbonyl (C=O) groups excluding carboxylic acids is 1. The van der Waals surface area contributed by atoms with Crippen molar-refractivity contribution in [1.29, 1.82) is 0 Å². The third-order valence-electron chi connectivity index (χ3n) is 5.18. The summed E-state index contributed by atoms with van der Waals surface area (Å²) in [5.74, 6) is -0.152. The predicted octanol–water partition coefficient (Wildman–Crippen LogP) is 2.96. The van der Waals surface area contributed by atoms with Crippen molar-refractivity contribution in [3.8, 4) is 0 Å². The molecule has 2 aromatic rings. The Kier molecular flexibility index (Phi) is 5.71. The first kappa shape index (κ1) is 20.0.